The number of aryl methyl sites for hydroxylation is 1. The molecular weight excluding hydrogens is 328 g/mol. The van der Waals surface area contributed by atoms with Gasteiger partial charge in [-0.1, -0.05) is 78.4 Å². The van der Waals surface area contributed by atoms with Crippen LogP contribution in [-0.2, 0) is 19.5 Å². The zero-order valence-electron chi connectivity index (χ0n) is 15.9. The first kappa shape index (κ1) is 17.6. The minimum absolute atomic E-state index is 0.897. The Bertz CT molecular complexity index is 1010. The van der Waals surface area contributed by atoms with Crippen molar-refractivity contribution in [1.29, 1.82) is 0 Å². The Morgan fingerprint density at radius 2 is 1.59 bits per heavy atom. The van der Waals surface area contributed by atoms with Crippen molar-refractivity contribution in [3.8, 4) is 0 Å². The summed E-state index contributed by atoms with van der Waals surface area (Å²) in [4.78, 5) is 0. The highest BCUT2D eigenvalue weighted by Gasteiger charge is 2.08. The maximum atomic E-state index is 3.62. The van der Waals surface area contributed by atoms with Gasteiger partial charge in [-0.3, -0.25) is 0 Å². The van der Waals surface area contributed by atoms with Gasteiger partial charge < -0.3 is 9.88 Å². The van der Waals surface area contributed by atoms with Gasteiger partial charge in [0.25, 0.3) is 0 Å². The van der Waals surface area contributed by atoms with E-state index in [0.29, 0.717) is 0 Å². The molecule has 2 heteroatoms. The summed E-state index contributed by atoms with van der Waals surface area (Å²) in [6.07, 6.45) is 3.37. The molecule has 4 aromatic rings. The van der Waals surface area contributed by atoms with Gasteiger partial charge in [0.1, 0.15) is 0 Å². The van der Waals surface area contributed by atoms with Crippen LogP contribution in [0.25, 0.3) is 10.9 Å². The van der Waals surface area contributed by atoms with E-state index in [1.165, 1.54) is 33.2 Å². The fourth-order valence-electron chi connectivity index (χ4n) is 3.70. The second kappa shape index (κ2) is 8.24. The summed E-state index contributed by atoms with van der Waals surface area (Å²) in [7, 11) is 0. The van der Waals surface area contributed by atoms with Crippen molar-refractivity contribution >= 4 is 10.9 Å². The lowest BCUT2D eigenvalue weighted by Crippen LogP contribution is -2.16. The molecule has 0 saturated heterocycles. The van der Waals surface area contributed by atoms with Crippen molar-refractivity contribution in [3.63, 3.8) is 0 Å². The first-order valence-electron chi connectivity index (χ1n) is 9.66. The van der Waals surface area contributed by atoms with Crippen molar-refractivity contribution in [2.75, 3.05) is 6.54 Å². The van der Waals surface area contributed by atoms with Crippen molar-refractivity contribution in [3.05, 3.63) is 107 Å². The normalized spacial score (nSPS) is 11.1. The monoisotopic (exact) mass is 354 g/mol. The SMILES string of the molecule is Cc1cccc(Cn2cc(CNCCc3ccccc3)c3ccccc32)c1. The molecule has 0 atom stereocenters. The second-order valence-electron chi connectivity index (χ2n) is 7.20. The summed E-state index contributed by atoms with van der Waals surface area (Å²) in [6, 6.07) is 28.1. The molecule has 0 fully saturated rings. The molecule has 4 rings (SSSR count). The Morgan fingerprint density at radius 1 is 0.815 bits per heavy atom. The second-order valence-corrected chi connectivity index (χ2v) is 7.20. The Hall–Kier alpha value is -2.84. The van der Waals surface area contributed by atoms with Gasteiger partial charge in [-0.15, -0.1) is 0 Å². The Labute approximate surface area is 161 Å². The summed E-state index contributed by atoms with van der Waals surface area (Å²) in [6.45, 7) is 4.95. The lowest BCUT2D eigenvalue weighted by atomic mass is 10.1. The third kappa shape index (κ3) is 4.29. The molecule has 0 amide bonds. The van der Waals surface area contributed by atoms with E-state index in [-0.39, 0.29) is 0 Å². The van der Waals surface area contributed by atoms with Crippen LogP contribution in [-0.4, -0.2) is 11.1 Å². The first-order chi connectivity index (χ1) is 13.3. The highest BCUT2D eigenvalue weighted by molar-refractivity contribution is 5.84. The van der Waals surface area contributed by atoms with Crippen LogP contribution in [0.4, 0.5) is 0 Å². The average Bonchev–Trinajstić information content (AvgIpc) is 3.04. The molecule has 3 aromatic carbocycles. The van der Waals surface area contributed by atoms with Crippen molar-refractivity contribution in [2.45, 2.75) is 26.4 Å². The number of hydrogen-bond acceptors (Lipinski definition) is 1. The Balaban J connectivity index is 1.48. The molecule has 1 N–H and O–H groups in total. The van der Waals surface area contributed by atoms with Gasteiger partial charge in [0, 0.05) is 30.2 Å². The third-order valence-electron chi connectivity index (χ3n) is 5.06. The third-order valence-corrected chi connectivity index (χ3v) is 5.06. The van der Waals surface area contributed by atoms with Gasteiger partial charge in [0.05, 0.1) is 0 Å². The van der Waals surface area contributed by atoms with Gasteiger partial charge in [0.2, 0.25) is 0 Å². The topological polar surface area (TPSA) is 17.0 Å². The van der Waals surface area contributed by atoms with Crippen LogP contribution in [0.15, 0.2) is 85.1 Å². The lowest BCUT2D eigenvalue weighted by molar-refractivity contribution is 0.686. The standard InChI is InChI=1S/C25H26N2/c1-20-8-7-11-22(16-20)18-27-19-23(24-12-5-6-13-25(24)27)17-26-15-14-21-9-3-2-4-10-21/h2-13,16,19,26H,14-15,17-18H2,1H3. The summed E-state index contributed by atoms with van der Waals surface area (Å²) in [5.41, 5.74) is 6.71. The van der Waals surface area contributed by atoms with E-state index < -0.39 is 0 Å². The molecule has 136 valence electrons. The van der Waals surface area contributed by atoms with E-state index in [4.69, 9.17) is 0 Å². The Morgan fingerprint density at radius 3 is 2.44 bits per heavy atom. The number of nitrogens with zero attached hydrogens (tertiary/aromatic N) is 1. The quantitative estimate of drug-likeness (QED) is 0.444. The molecule has 27 heavy (non-hydrogen) atoms. The molecule has 1 aromatic heterocycles. The number of rotatable bonds is 7. The fraction of sp³-hybridized carbons (Fsp3) is 0.200. The van der Waals surface area contributed by atoms with Crippen molar-refractivity contribution in [1.82, 2.24) is 9.88 Å². The molecule has 0 aliphatic carbocycles. The molecule has 0 radical (unpaired) electrons. The van der Waals surface area contributed by atoms with Crippen LogP contribution < -0.4 is 5.32 Å². The van der Waals surface area contributed by atoms with E-state index >= 15 is 0 Å². The number of aromatic nitrogens is 1. The highest BCUT2D eigenvalue weighted by atomic mass is 15.0. The van der Waals surface area contributed by atoms with E-state index in [9.17, 15) is 0 Å². The van der Waals surface area contributed by atoms with E-state index in [0.717, 1.165) is 26.1 Å². The van der Waals surface area contributed by atoms with E-state index in [2.05, 4.69) is 102 Å². The van der Waals surface area contributed by atoms with E-state index in [1.54, 1.807) is 0 Å². The van der Waals surface area contributed by atoms with Gasteiger partial charge in [-0.05, 0) is 42.6 Å². The molecule has 0 aliphatic rings. The average molecular weight is 354 g/mol. The molecule has 0 aliphatic heterocycles. The van der Waals surface area contributed by atoms with E-state index in [1.807, 2.05) is 0 Å². The summed E-state index contributed by atoms with van der Waals surface area (Å²) < 4.78 is 2.37. The van der Waals surface area contributed by atoms with Crippen LogP contribution in [0, 0.1) is 6.92 Å². The van der Waals surface area contributed by atoms with Crippen LogP contribution in [0.2, 0.25) is 0 Å². The predicted octanol–water partition coefficient (Wildman–Crippen LogP) is 5.33. The summed E-state index contributed by atoms with van der Waals surface area (Å²) in [5.74, 6) is 0. The van der Waals surface area contributed by atoms with Crippen LogP contribution in [0.1, 0.15) is 22.3 Å². The predicted molar refractivity (Wildman–Crippen MR) is 114 cm³/mol. The number of benzene rings is 3. The minimum Gasteiger partial charge on any atom is -0.343 e. The zero-order chi connectivity index (χ0) is 18.5. The number of para-hydroxylation sites is 1. The van der Waals surface area contributed by atoms with Crippen molar-refractivity contribution in [2.24, 2.45) is 0 Å². The van der Waals surface area contributed by atoms with Gasteiger partial charge in [-0.2, -0.15) is 0 Å². The molecule has 1 heterocycles. The first-order valence-corrected chi connectivity index (χ1v) is 9.66. The Kier molecular flexibility index (Phi) is 5.36. The minimum atomic E-state index is 0.897. The molecule has 0 saturated carbocycles. The summed E-state index contributed by atoms with van der Waals surface area (Å²) >= 11 is 0. The number of nitrogens with one attached hydrogen (secondary N) is 1. The summed E-state index contributed by atoms with van der Waals surface area (Å²) in [5, 5.41) is 4.96. The van der Waals surface area contributed by atoms with Gasteiger partial charge in [0.15, 0.2) is 0 Å². The number of hydrogen-bond donors (Lipinski definition) is 1. The van der Waals surface area contributed by atoms with Crippen LogP contribution in [0.5, 0.6) is 0 Å². The largest absolute Gasteiger partial charge is 0.343 e. The lowest BCUT2D eigenvalue weighted by Gasteiger charge is -2.06. The molecule has 0 bridgehead atoms. The maximum absolute atomic E-state index is 3.62. The maximum Gasteiger partial charge on any atom is 0.0486 e. The smallest absolute Gasteiger partial charge is 0.0486 e. The molecule has 0 unspecified atom stereocenters. The highest BCUT2D eigenvalue weighted by Crippen LogP contribution is 2.22. The number of fused-ring (bicyclic) bond motifs is 1. The zero-order valence-corrected chi connectivity index (χ0v) is 15.9. The van der Waals surface area contributed by atoms with Gasteiger partial charge >= 0.3 is 0 Å². The van der Waals surface area contributed by atoms with Crippen LogP contribution in [0.3, 0.4) is 0 Å². The fourth-order valence-corrected chi connectivity index (χ4v) is 3.70. The molecule has 2 nitrogen and oxygen atoms in total. The molecular formula is C25H26N2. The van der Waals surface area contributed by atoms with Gasteiger partial charge in [-0.25, -0.2) is 0 Å². The molecule has 0 spiro atoms. The van der Waals surface area contributed by atoms with Crippen LogP contribution >= 0.6 is 0 Å². The van der Waals surface area contributed by atoms with Crippen molar-refractivity contribution < 1.29 is 0 Å².